The fraction of sp³-hybridized carbons (Fsp3) is 0.467. The lowest BCUT2D eigenvalue weighted by atomic mass is 9.81. The molecule has 2 heterocycles. The third kappa shape index (κ3) is 2.89. The molecule has 21 heavy (non-hydrogen) atoms. The Bertz CT molecular complexity index is 616. The van der Waals surface area contributed by atoms with Crippen LogP contribution in [0.25, 0.3) is 11.4 Å². The van der Waals surface area contributed by atoms with E-state index in [9.17, 15) is 0 Å². The summed E-state index contributed by atoms with van der Waals surface area (Å²) in [7, 11) is 0. The fourth-order valence-electron chi connectivity index (χ4n) is 2.62. The first-order chi connectivity index (χ1) is 10.1. The van der Waals surface area contributed by atoms with Crippen LogP contribution in [0.2, 0.25) is 5.02 Å². The highest BCUT2D eigenvalue weighted by Crippen LogP contribution is 2.32. The number of aromatic nitrogens is 3. The maximum absolute atomic E-state index is 6.19. The van der Waals surface area contributed by atoms with E-state index < -0.39 is 0 Å². The van der Waals surface area contributed by atoms with E-state index in [4.69, 9.17) is 17.3 Å². The first-order valence-electron chi connectivity index (χ1n) is 7.24. The SMILES string of the molecule is CC1(CN)CCN(c2n[nH]c(-c3ccccc3Cl)n2)CC1. The molecule has 3 N–H and O–H groups in total. The highest BCUT2D eigenvalue weighted by Gasteiger charge is 2.30. The number of benzene rings is 1. The minimum atomic E-state index is 0.248. The van der Waals surface area contributed by atoms with Crippen molar-refractivity contribution in [3.8, 4) is 11.4 Å². The maximum atomic E-state index is 6.19. The van der Waals surface area contributed by atoms with E-state index in [1.54, 1.807) is 0 Å². The van der Waals surface area contributed by atoms with Gasteiger partial charge in [-0.2, -0.15) is 4.98 Å². The zero-order chi connectivity index (χ0) is 14.9. The molecule has 1 fully saturated rings. The zero-order valence-corrected chi connectivity index (χ0v) is 12.9. The van der Waals surface area contributed by atoms with Crippen molar-refractivity contribution in [2.45, 2.75) is 19.8 Å². The molecule has 3 rings (SSSR count). The van der Waals surface area contributed by atoms with Gasteiger partial charge in [0.1, 0.15) is 0 Å². The van der Waals surface area contributed by atoms with Crippen LogP contribution in [-0.4, -0.2) is 34.8 Å². The molecule has 5 nitrogen and oxygen atoms in total. The van der Waals surface area contributed by atoms with E-state index in [2.05, 4.69) is 27.0 Å². The average molecular weight is 306 g/mol. The molecule has 0 aliphatic carbocycles. The van der Waals surface area contributed by atoms with Crippen molar-refractivity contribution in [1.82, 2.24) is 15.2 Å². The van der Waals surface area contributed by atoms with Crippen molar-refractivity contribution in [2.24, 2.45) is 11.1 Å². The van der Waals surface area contributed by atoms with Gasteiger partial charge >= 0.3 is 0 Å². The van der Waals surface area contributed by atoms with Crippen LogP contribution in [0.4, 0.5) is 5.95 Å². The second-order valence-corrected chi connectivity index (χ2v) is 6.37. The number of hydrogen-bond donors (Lipinski definition) is 2. The van der Waals surface area contributed by atoms with Gasteiger partial charge in [0.15, 0.2) is 5.82 Å². The Balaban J connectivity index is 1.76. The highest BCUT2D eigenvalue weighted by molar-refractivity contribution is 6.33. The van der Waals surface area contributed by atoms with Gasteiger partial charge in [-0.15, -0.1) is 5.10 Å². The number of hydrogen-bond acceptors (Lipinski definition) is 4. The zero-order valence-electron chi connectivity index (χ0n) is 12.1. The molecule has 112 valence electrons. The second kappa shape index (κ2) is 5.66. The first-order valence-corrected chi connectivity index (χ1v) is 7.61. The summed E-state index contributed by atoms with van der Waals surface area (Å²) in [6.07, 6.45) is 2.14. The van der Waals surface area contributed by atoms with Gasteiger partial charge in [-0.25, -0.2) is 0 Å². The average Bonchev–Trinajstić information content (AvgIpc) is 2.98. The summed E-state index contributed by atoms with van der Waals surface area (Å²) in [4.78, 5) is 6.78. The Morgan fingerprint density at radius 3 is 2.71 bits per heavy atom. The maximum Gasteiger partial charge on any atom is 0.245 e. The molecule has 6 heteroatoms. The monoisotopic (exact) mass is 305 g/mol. The minimum absolute atomic E-state index is 0.248. The van der Waals surface area contributed by atoms with Crippen LogP contribution in [0.15, 0.2) is 24.3 Å². The Kier molecular flexibility index (Phi) is 3.87. The van der Waals surface area contributed by atoms with Crippen LogP contribution in [0.1, 0.15) is 19.8 Å². The van der Waals surface area contributed by atoms with Gasteiger partial charge in [0.05, 0.1) is 5.02 Å². The lowest BCUT2D eigenvalue weighted by molar-refractivity contribution is 0.257. The van der Waals surface area contributed by atoms with E-state index in [-0.39, 0.29) is 5.41 Å². The largest absolute Gasteiger partial charge is 0.339 e. The van der Waals surface area contributed by atoms with Crippen molar-refractivity contribution < 1.29 is 0 Å². The topological polar surface area (TPSA) is 70.8 Å². The van der Waals surface area contributed by atoms with Crippen molar-refractivity contribution in [2.75, 3.05) is 24.5 Å². The van der Waals surface area contributed by atoms with Crippen LogP contribution in [0.3, 0.4) is 0 Å². The van der Waals surface area contributed by atoms with Crippen LogP contribution in [-0.2, 0) is 0 Å². The van der Waals surface area contributed by atoms with Crippen molar-refractivity contribution in [1.29, 1.82) is 0 Å². The number of nitrogens with one attached hydrogen (secondary N) is 1. The number of nitrogens with two attached hydrogens (primary N) is 1. The molecular weight excluding hydrogens is 286 g/mol. The van der Waals surface area contributed by atoms with Crippen molar-refractivity contribution in [3.63, 3.8) is 0 Å². The number of rotatable bonds is 3. The molecule has 1 saturated heterocycles. The van der Waals surface area contributed by atoms with Gasteiger partial charge in [0.2, 0.25) is 5.95 Å². The molecule has 1 aromatic heterocycles. The Morgan fingerprint density at radius 1 is 1.33 bits per heavy atom. The van der Waals surface area contributed by atoms with E-state index in [0.29, 0.717) is 10.8 Å². The summed E-state index contributed by atoms with van der Waals surface area (Å²) in [5.74, 6) is 1.45. The van der Waals surface area contributed by atoms with Crippen LogP contribution >= 0.6 is 11.6 Å². The Hall–Kier alpha value is -1.59. The molecule has 0 spiro atoms. The summed E-state index contributed by atoms with van der Waals surface area (Å²) in [5.41, 5.74) is 6.97. The third-order valence-electron chi connectivity index (χ3n) is 4.35. The number of halogens is 1. The lowest BCUT2D eigenvalue weighted by Gasteiger charge is -2.38. The highest BCUT2D eigenvalue weighted by atomic mass is 35.5. The van der Waals surface area contributed by atoms with Gasteiger partial charge < -0.3 is 10.6 Å². The smallest absolute Gasteiger partial charge is 0.245 e. The van der Waals surface area contributed by atoms with Crippen molar-refractivity contribution in [3.05, 3.63) is 29.3 Å². The third-order valence-corrected chi connectivity index (χ3v) is 4.68. The van der Waals surface area contributed by atoms with E-state index in [1.807, 2.05) is 24.3 Å². The molecule has 0 bridgehead atoms. The molecule has 1 aromatic carbocycles. The second-order valence-electron chi connectivity index (χ2n) is 5.97. The predicted octanol–water partition coefficient (Wildman–Crippen LogP) is 2.69. The molecule has 1 aliphatic heterocycles. The summed E-state index contributed by atoms with van der Waals surface area (Å²) < 4.78 is 0. The van der Waals surface area contributed by atoms with Gasteiger partial charge in [-0.05, 0) is 36.9 Å². The normalized spacial score (nSPS) is 18.0. The molecule has 1 aliphatic rings. The molecule has 2 aromatic rings. The van der Waals surface area contributed by atoms with E-state index in [0.717, 1.165) is 44.0 Å². The first kappa shape index (κ1) is 14.4. The van der Waals surface area contributed by atoms with Crippen molar-refractivity contribution >= 4 is 17.5 Å². The summed E-state index contributed by atoms with van der Waals surface area (Å²) in [5, 5.41) is 7.99. The fourth-order valence-corrected chi connectivity index (χ4v) is 2.84. The summed E-state index contributed by atoms with van der Waals surface area (Å²) in [6, 6.07) is 7.64. The van der Waals surface area contributed by atoms with E-state index in [1.165, 1.54) is 0 Å². The summed E-state index contributed by atoms with van der Waals surface area (Å²) >= 11 is 6.19. The molecule has 0 unspecified atom stereocenters. The molecule has 0 amide bonds. The Labute approximate surface area is 129 Å². The summed E-state index contributed by atoms with van der Waals surface area (Å²) in [6.45, 7) is 4.86. The van der Waals surface area contributed by atoms with Gasteiger partial charge in [-0.1, -0.05) is 30.7 Å². The standard InChI is InChI=1S/C15H20ClN5/c1-15(10-17)6-8-21(9-7-15)14-18-13(19-20-14)11-4-2-3-5-12(11)16/h2-5H,6-10,17H2,1H3,(H,18,19,20). The molecular formula is C15H20ClN5. The quantitative estimate of drug-likeness (QED) is 0.914. The number of aromatic amines is 1. The van der Waals surface area contributed by atoms with E-state index >= 15 is 0 Å². The Morgan fingerprint density at radius 2 is 2.05 bits per heavy atom. The molecule has 0 saturated carbocycles. The molecule has 0 radical (unpaired) electrons. The van der Waals surface area contributed by atoms with Crippen LogP contribution in [0.5, 0.6) is 0 Å². The molecule has 0 atom stereocenters. The van der Waals surface area contributed by atoms with Crippen LogP contribution in [0, 0.1) is 5.41 Å². The van der Waals surface area contributed by atoms with Gasteiger partial charge in [-0.3, -0.25) is 5.10 Å². The number of H-pyrrole nitrogens is 1. The predicted molar refractivity (Wildman–Crippen MR) is 85.4 cm³/mol. The van der Waals surface area contributed by atoms with Gasteiger partial charge in [0.25, 0.3) is 0 Å². The number of anilines is 1. The van der Waals surface area contributed by atoms with Gasteiger partial charge in [0, 0.05) is 18.7 Å². The van der Waals surface area contributed by atoms with Crippen LogP contribution < -0.4 is 10.6 Å². The number of piperidine rings is 1. The minimum Gasteiger partial charge on any atom is -0.339 e. The number of nitrogens with zero attached hydrogens (tertiary/aromatic N) is 3. The lowest BCUT2D eigenvalue weighted by Crippen LogP contribution is -2.42.